The van der Waals surface area contributed by atoms with Crippen LogP contribution in [0.4, 0.5) is 0 Å². The van der Waals surface area contributed by atoms with E-state index in [1.165, 1.54) is 32.1 Å². The molecule has 3 nitrogen and oxygen atoms in total. The zero-order valence-electron chi connectivity index (χ0n) is 11.9. The van der Waals surface area contributed by atoms with Crippen LogP contribution in [0.25, 0.3) is 0 Å². The van der Waals surface area contributed by atoms with Crippen LogP contribution in [-0.4, -0.2) is 15.0 Å². The second-order valence-electron chi connectivity index (χ2n) is 5.60. The molecule has 1 aliphatic carbocycles. The third-order valence-electron chi connectivity index (χ3n) is 4.01. The van der Waals surface area contributed by atoms with Gasteiger partial charge in [-0.05, 0) is 37.0 Å². The summed E-state index contributed by atoms with van der Waals surface area (Å²) in [4.78, 5) is 0.371. The number of hydrogen-bond donors (Lipinski definition) is 1. The van der Waals surface area contributed by atoms with Crippen LogP contribution in [0.5, 0.6) is 0 Å². The van der Waals surface area contributed by atoms with Gasteiger partial charge in [0.1, 0.15) is 0 Å². The van der Waals surface area contributed by atoms with Gasteiger partial charge in [0.2, 0.25) is 10.0 Å². The van der Waals surface area contributed by atoms with E-state index in [1.807, 2.05) is 19.1 Å². The molecule has 1 saturated carbocycles. The summed E-state index contributed by atoms with van der Waals surface area (Å²) in [5.41, 5.74) is 0.776. The molecule has 0 unspecified atom stereocenters. The monoisotopic (exact) mass is 359 g/mol. The van der Waals surface area contributed by atoms with Crippen molar-refractivity contribution < 1.29 is 8.42 Å². The maximum Gasteiger partial charge on any atom is 0.240 e. The lowest BCUT2D eigenvalue weighted by Gasteiger charge is -2.21. The summed E-state index contributed by atoms with van der Waals surface area (Å²) in [7, 11) is -3.39. The third-order valence-corrected chi connectivity index (χ3v) is 6.11. The fourth-order valence-corrected chi connectivity index (χ4v) is 4.64. The Bertz CT molecular complexity index is 551. The molecule has 1 aromatic carbocycles. The average Bonchev–Trinajstić information content (AvgIpc) is 2.42. The molecule has 1 aliphatic rings. The van der Waals surface area contributed by atoms with E-state index in [0.717, 1.165) is 16.5 Å². The van der Waals surface area contributed by atoms with Gasteiger partial charge in [0.15, 0.2) is 0 Å². The van der Waals surface area contributed by atoms with Crippen molar-refractivity contribution in [3.63, 3.8) is 0 Å². The summed E-state index contributed by atoms with van der Waals surface area (Å²) < 4.78 is 28.2. The molecule has 0 heterocycles. The summed E-state index contributed by atoms with van der Waals surface area (Å²) in [5.74, 6) is 0.690. The molecule has 0 amide bonds. The number of halogens is 1. The van der Waals surface area contributed by atoms with Crippen LogP contribution in [0.15, 0.2) is 27.6 Å². The molecule has 5 heteroatoms. The lowest BCUT2D eigenvalue weighted by Crippen LogP contribution is -2.27. The molecule has 1 fully saturated rings. The fourth-order valence-electron chi connectivity index (χ4n) is 2.81. The van der Waals surface area contributed by atoms with Gasteiger partial charge < -0.3 is 0 Å². The number of sulfonamides is 1. The van der Waals surface area contributed by atoms with Crippen molar-refractivity contribution in [3.05, 3.63) is 28.2 Å². The number of nitrogens with one attached hydrogen (secondary N) is 1. The van der Waals surface area contributed by atoms with E-state index in [2.05, 4.69) is 20.7 Å². The molecular formula is C15H22BrNO2S. The van der Waals surface area contributed by atoms with Gasteiger partial charge in [-0.3, -0.25) is 0 Å². The van der Waals surface area contributed by atoms with E-state index in [0.29, 0.717) is 17.4 Å². The molecule has 20 heavy (non-hydrogen) atoms. The van der Waals surface area contributed by atoms with E-state index in [-0.39, 0.29) is 0 Å². The summed E-state index contributed by atoms with van der Waals surface area (Å²) in [6, 6.07) is 5.34. The molecule has 0 atom stereocenters. The molecule has 0 aromatic heterocycles. The SMILES string of the molecule is Cc1ccc(Br)cc1S(=O)(=O)NCCC1CCCCC1. The molecular weight excluding hydrogens is 338 g/mol. The van der Waals surface area contributed by atoms with Gasteiger partial charge in [0, 0.05) is 11.0 Å². The average molecular weight is 360 g/mol. The van der Waals surface area contributed by atoms with Crippen molar-refractivity contribution >= 4 is 26.0 Å². The van der Waals surface area contributed by atoms with E-state index in [1.54, 1.807) is 6.07 Å². The Kier molecular flexibility index (Phi) is 5.64. The first kappa shape index (κ1) is 16.0. The maximum atomic E-state index is 12.3. The number of benzene rings is 1. The van der Waals surface area contributed by atoms with Gasteiger partial charge in [0.25, 0.3) is 0 Å². The van der Waals surface area contributed by atoms with Crippen molar-refractivity contribution in [2.45, 2.75) is 50.3 Å². The summed E-state index contributed by atoms with van der Waals surface area (Å²) >= 11 is 3.33. The number of aryl methyl sites for hydroxylation is 1. The number of rotatable bonds is 5. The lowest BCUT2D eigenvalue weighted by molar-refractivity contribution is 0.339. The highest BCUT2D eigenvalue weighted by Crippen LogP contribution is 2.26. The van der Waals surface area contributed by atoms with Crippen LogP contribution in [0, 0.1) is 12.8 Å². The number of hydrogen-bond acceptors (Lipinski definition) is 2. The zero-order valence-corrected chi connectivity index (χ0v) is 14.3. The van der Waals surface area contributed by atoms with Gasteiger partial charge in [-0.1, -0.05) is 54.1 Å². The normalized spacial score (nSPS) is 17.3. The molecule has 0 aliphatic heterocycles. The van der Waals surface area contributed by atoms with E-state index in [9.17, 15) is 8.42 Å². The lowest BCUT2D eigenvalue weighted by atomic mass is 9.87. The molecule has 2 rings (SSSR count). The molecule has 112 valence electrons. The highest BCUT2D eigenvalue weighted by Gasteiger charge is 2.18. The minimum Gasteiger partial charge on any atom is -0.211 e. The van der Waals surface area contributed by atoms with Gasteiger partial charge >= 0.3 is 0 Å². The van der Waals surface area contributed by atoms with Crippen LogP contribution in [0.3, 0.4) is 0 Å². The molecule has 0 bridgehead atoms. The minimum atomic E-state index is -3.39. The fraction of sp³-hybridized carbons (Fsp3) is 0.600. The third kappa shape index (κ3) is 4.30. The van der Waals surface area contributed by atoms with Crippen molar-refractivity contribution in [1.29, 1.82) is 0 Å². The summed E-state index contributed by atoms with van der Waals surface area (Å²) in [6.07, 6.45) is 7.37. The first-order valence-corrected chi connectivity index (χ1v) is 9.52. The first-order valence-electron chi connectivity index (χ1n) is 7.25. The molecule has 1 N–H and O–H groups in total. The van der Waals surface area contributed by atoms with Crippen LogP contribution in [0.1, 0.15) is 44.1 Å². The van der Waals surface area contributed by atoms with Crippen LogP contribution < -0.4 is 4.72 Å². The molecule has 0 spiro atoms. The first-order chi connectivity index (χ1) is 9.49. The Morgan fingerprint density at radius 2 is 1.95 bits per heavy atom. The van der Waals surface area contributed by atoms with E-state index < -0.39 is 10.0 Å². The predicted octanol–water partition coefficient (Wildman–Crippen LogP) is 4.01. The second kappa shape index (κ2) is 7.05. The maximum absolute atomic E-state index is 12.3. The Balaban J connectivity index is 1.95. The molecule has 0 radical (unpaired) electrons. The Morgan fingerprint density at radius 3 is 2.65 bits per heavy atom. The summed E-state index contributed by atoms with van der Waals surface area (Å²) in [6.45, 7) is 2.36. The largest absolute Gasteiger partial charge is 0.240 e. The smallest absolute Gasteiger partial charge is 0.211 e. The minimum absolute atomic E-state index is 0.371. The van der Waals surface area contributed by atoms with Gasteiger partial charge in [0.05, 0.1) is 4.90 Å². The van der Waals surface area contributed by atoms with Crippen LogP contribution >= 0.6 is 15.9 Å². The molecule has 1 aromatic rings. The van der Waals surface area contributed by atoms with Crippen LogP contribution in [-0.2, 0) is 10.0 Å². The Labute approximate surface area is 130 Å². The van der Waals surface area contributed by atoms with Crippen molar-refractivity contribution in [2.24, 2.45) is 5.92 Å². The Hall–Kier alpha value is -0.390. The standard InChI is InChI=1S/C15H22BrNO2S/c1-12-7-8-14(16)11-15(12)20(18,19)17-10-9-13-5-3-2-4-6-13/h7-8,11,13,17H,2-6,9-10H2,1H3. The van der Waals surface area contributed by atoms with Crippen molar-refractivity contribution in [3.8, 4) is 0 Å². The van der Waals surface area contributed by atoms with Gasteiger partial charge in [-0.25, -0.2) is 13.1 Å². The second-order valence-corrected chi connectivity index (χ2v) is 8.25. The van der Waals surface area contributed by atoms with Gasteiger partial charge in [-0.15, -0.1) is 0 Å². The summed E-state index contributed by atoms with van der Waals surface area (Å²) in [5, 5.41) is 0. The Morgan fingerprint density at radius 1 is 1.25 bits per heavy atom. The van der Waals surface area contributed by atoms with Gasteiger partial charge in [-0.2, -0.15) is 0 Å². The van der Waals surface area contributed by atoms with E-state index in [4.69, 9.17) is 0 Å². The predicted molar refractivity (Wildman–Crippen MR) is 85.3 cm³/mol. The quantitative estimate of drug-likeness (QED) is 0.863. The highest BCUT2D eigenvalue weighted by atomic mass is 79.9. The zero-order chi connectivity index (χ0) is 14.6. The highest BCUT2D eigenvalue weighted by molar-refractivity contribution is 9.10. The molecule has 0 saturated heterocycles. The van der Waals surface area contributed by atoms with Crippen LogP contribution in [0.2, 0.25) is 0 Å². The topological polar surface area (TPSA) is 46.2 Å². The van der Waals surface area contributed by atoms with Crippen molar-refractivity contribution in [1.82, 2.24) is 4.72 Å². The van der Waals surface area contributed by atoms with Crippen molar-refractivity contribution in [2.75, 3.05) is 6.54 Å². The van der Waals surface area contributed by atoms with E-state index >= 15 is 0 Å².